The molecule has 10 heteroatoms. The van der Waals surface area contributed by atoms with Crippen molar-refractivity contribution >= 4 is 17.9 Å². The van der Waals surface area contributed by atoms with Gasteiger partial charge >= 0.3 is 11.9 Å². The molecule has 0 aliphatic rings. The van der Waals surface area contributed by atoms with Crippen molar-refractivity contribution in [1.82, 2.24) is 12.3 Å². The first-order valence-electron chi connectivity index (χ1n) is 3.56. The van der Waals surface area contributed by atoms with Gasteiger partial charge in [0.1, 0.15) is 0 Å². The summed E-state index contributed by atoms with van der Waals surface area (Å²) in [4.78, 5) is 30.3. The van der Waals surface area contributed by atoms with Crippen molar-refractivity contribution in [3.63, 3.8) is 0 Å². The van der Waals surface area contributed by atoms with Gasteiger partial charge in [-0.15, -0.1) is 0 Å². The molecule has 0 fully saturated rings. The molecule has 17 heavy (non-hydrogen) atoms. The number of aliphatic carboxylic acids is 3. The van der Waals surface area contributed by atoms with Gasteiger partial charge in [-0.1, -0.05) is 0 Å². The van der Waals surface area contributed by atoms with Crippen molar-refractivity contribution in [2.75, 3.05) is 7.11 Å². The Morgan fingerprint density at radius 1 is 1.06 bits per heavy atom. The molecule has 0 aromatic rings. The number of quaternary nitrogens is 2. The number of hydrogen-bond donors (Lipinski definition) is 5. The highest BCUT2D eigenvalue weighted by Gasteiger charge is 2.38. The van der Waals surface area contributed by atoms with Crippen LogP contribution in [0.4, 0.5) is 0 Å². The Bertz CT molecular complexity index is 238. The van der Waals surface area contributed by atoms with Gasteiger partial charge in [-0.3, -0.25) is 4.79 Å². The molecular formula is C7H18N2O8. The van der Waals surface area contributed by atoms with Gasteiger partial charge in [0.25, 0.3) is 0 Å². The van der Waals surface area contributed by atoms with Gasteiger partial charge in [-0.2, -0.15) is 7.11 Å². The van der Waals surface area contributed by atoms with Gasteiger partial charge in [0, 0.05) is 12.4 Å². The summed E-state index contributed by atoms with van der Waals surface area (Å²) < 4.78 is 0. The second-order valence-electron chi connectivity index (χ2n) is 2.46. The molecule has 0 amide bonds. The lowest BCUT2D eigenvalue weighted by atomic mass is 9.96. The number of hydrogen-bond acceptors (Lipinski definition) is 6. The van der Waals surface area contributed by atoms with Crippen molar-refractivity contribution in [3.8, 4) is 0 Å². The summed E-state index contributed by atoms with van der Waals surface area (Å²) in [6.07, 6.45) is -2.44. The van der Waals surface area contributed by atoms with E-state index in [0.29, 0.717) is 0 Å². The Hall–Kier alpha value is -1.75. The average molecular weight is 258 g/mol. The van der Waals surface area contributed by atoms with Crippen LogP contribution in [0.5, 0.6) is 0 Å². The summed E-state index contributed by atoms with van der Waals surface area (Å²) in [6, 6.07) is 0. The van der Waals surface area contributed by atoms with Crippen molar-refractivity contribution in [2.24, 2.45) is 0 Å². The summed E-state index contributed by atoms with van der Waals surface area (Å²) in [5.41, 5.74) is -2.80. The molecule has 0 bridgehead atoms. The Balaban J connectivity index is -0.000000199. The van der Waals surface area contributed by atoms with E-state index in [4.69, 9.17) is 20.4 Å². The molecule has 104 valence electrons. The van der Waals surface area contributed by atoms with Crippen molar-refractivity contribution in [1.29, 1.82) is 0 Å². The van der Waals surface area contributed by atoms with Crippen LogP contribution in [-0.2, 0) is 14.4 Å². The Morgan fingerprint density at radius 2 is 1.41 bits per heavy atom. The maximum absolute atomic E-state index is 10.3. The maximum Gasteiger partial charge on any atom is 0.336 e. The fourth-order valence-corrected chi connectivity index (χ4v) is 0.703. The summed E-state index contributed by atoms with van der Waals surface area (Å²) >= 11 is 0. The van der Waals surface area contributed by atoms with Crippen molar-refractivity contribution in [2.45, 2.75) is 18.4 Å². The van der Waals surface area contributed by atoms with Gasteiger partial charge in [-0.05, 0) is 0 Å². The van der Waals surface area contributed by atoms with Gasteiger partial charge in [0.15, 0.2) is 5.60 Å². The lowest BCUT2D eigenvalue weighted by molar-refractivity contribution is -0.325. The third kappa shape index (κ3) is 10.5. The molecule has 0 aromatic carbocycles. The molecule has 11 N–H and O–H groups in total. The monoisotopic (exact) mass is 258 g/mol. The van der Waals surface area contributed by atoms with Crippen LogP contribution in [0.3, 0.4) is 0 Å². The third-order valence-corrected chi connectivity index (χ3v) is 1.28. The molecule has 0 heterocycles. The molecule has 1 atom stereocenters. The number of carboxylic acid groups (broad SMARTS) is 3. The molecule has 10 nitrogen and oxygen atoms in total. The predicted octanol–water partition coefficient (Wildman–Crippen LogP) is -2.85. The summed E-state index contributed by atoms with van der Waals surface area (Å²) in [7, 11) is 0.750. The molecule has 0 radical (unpaired) electrons. The molecular weight excluding hydrogens is 240 g/mol. The highest BCUT2D eigenvalue weighted by atomic mass is 16.4. The summed E-state index contributed by atoms with van der Waals surface area (Å²) in [5.74, 6) is -5.34. The van der Waals surface area contributed by atoms with E-state index < -0.39 is 36.4 Å². The van der Waals surface area contributed by atoms with Crippen LogP contribution in [0.2, 0.25) is 0 Å². The first-order valence-corrected chi connectivity index (χ1v) is 3.56. The second-order valence-corrected chi connectivity index (χ2v) is 2.46. The van der Waals surface area contributed by atoms with E-state index in [1.54, 1.807) is 0 Å². The van der Waals surface area contributed by atoms with E-state index in [0.717, 1.165) is 7.11 Å². The molecule has 0 saturated heterocycles. The normalized spacial score (nSPS) is 11.5. The predicted molar refractivity (Wildman–Crippen MR) is 52.4 cm³/mol. The number of aliphatic hydroxyl groups is 1. The zero-order valence-corrected chi connectivity index (χ0v) is 9.80. The molecule has 0 aliphatic carbocycles. The fraction of sp³-hybridized carbons (Fsp3) is 0.571. The fourth-order valence-electron chi connectivity index (χ4n) is 0.703. The second kappa shape index (κ2) is 10.8. The van der Waals surface area contributed by atoms with Crippen LogP contribution in [-0.4, -0.2) is 45.9 Å². The molecule has 0 rings (SSSR count). The van der Waals surface area contributed by atoms with E-state index in [2.05, 4.69) is 0 Å². The molecule has 0 saturated carbocycles. The highest BCUT2D eigenvalue weighted by molar-refractivity contribution is 5.87. The molecule has 1 unspecified atom stereocenters. The number of carbonyl (C=O) groups is 3. The minimum absolute atomic E-state index is 0. The van der Waals surface area contributed by atoms with Gasteiger partial charge in [0.2, 0.25) is 0 Å². The van der Waals surface area contributed by atoms with Crippen LogP contribution in [0.1, 0.15) is 12.8 Å². The zero-order valence-electron chi connectivity index (χ0n) is 9.80. The standard InChI is InChI=1S/C6H8O7.CH3O.2H3N/c7-3(8)1-6(13,5(11)12)2-4(9)10;1-2;;/h13H,1-2H2,(H,7,8)(H,9,10)(H,11,12);1H3;2*1H3/q;-1;;/p+1. The summed E-state index contributed by atoms with van der Waals surface area (Å²) in [6.45, 7) is 0. The van der Waals surface area contributed by atoms with E-state index in [9.17, 15) is 19.5 Å². The van der Waals surface area contributed by atoms with E-state index in [1.807, 2.05) is 0 Å². The number of rotatable bonds is 5. The van der Waals surface area contributed by atoms with E-state index in [1.165, 1.54) is 0 Å². The Morgan fingerprint density at radius 3 is 1.59 bits per heavy atom. The van der Waals surface area contributed by atoms with E-state index >= 15 is 0 Å². The van der Waals surface area contributed by atoms with Crippen molar-refractivity contribution < 1.29 is 39.9 Å². The van der Waals surface area contributed by atoms with Crippen molar-refractivity contribution in [3.05, 3.63) is 0 Å². The number of carboxylic acids is 3. The van der Waals surface area contributed by atoms with Crippen LogP contribution in [0, 0.1) is 0 Å². The minimum atomic E-state index is -2.80. The molecule has 0 aromatic heterocycles. The quantitative estimate of drug-likeness (QED) is 0.343. The van der Waals surface area contributed by atoms with Gasteiger partial charge in [0.05, 0.1) is 6.42 Å². The minimum Gasteiger partial charge on any atom is -0.857 e. The van der Waals surface area contributed by atoms with Gasteiger partial charge in [-0.25, -0.2) is 4.79 Å². The van der Waals surface area contributed by atoms with Crippen LogP contribution in [0.25, 0.3) is 0 Å². The largest absolute Gasteiger partial charge is 0.857 e. The maximum atomic E-state index is 10.3. The lowest BCUT2D eigenvalue weighted by Gasteiger charge is -2.21. The Kier molecular flexibility index (Phi) is 15.5. The number of carbonyl (C=O) groups excluding carboxylic acids is 1. The molecule has 0 aliphatic heterocycles. The molecule has 0 spiro atoms. The topological polar surface area (TPSA) is 231 Å². The zero-order chi connectivity index (χ0) is 12.6. The Labute approximate surface area is 96.7 Å². The van der Waals surface area contributed by atoms with Gasteiger partial charge < -0.3 is 42.6 Å². The highest BCUT2D eigenvalue weighted by Crippen LogP contribution is 2.15. The van der Waals surface area contributed by atoms with Crippen LogP contribution < -0.4 is 22.5 Å². The summed E-state index contributed by atoms with van der Waals surface area (Å²) in [5, 5.41) is 43.8. The third-order valence-electron chi connectivity index (χ3n) is 1.28. The SMILES string of the molecule is C[O-].O=C([O-])CC(O)(CC(=O)O)C(=O)O.[NH4+].[NH4+]. The van der Waals surface area contributed by atoms with Crippen LogP contribution >= 0.6 is 0 Å². The first kappa shape index (κ1) is 24.5. The van der Waals surface area contributed by atoms with Crippen LogP contribution in [0.15, 0.2) is 0 Å². The lowest BCUT2D eigenvalue weighted by Crippen LogP contribution is -2.45. The average Bonchev–Trinajstić information content (AvgIpc) is 2.04. The first-order chi connectivity index (χ1) is 6.78. The van der Waals surface area contributed by atoms with E-state index in [-0.39, 0.29) is 12.3 Å². The smallest absolute Gasteiger partial charge is 0.336 e.